The van der Waals surface area contributed by atoms with Crippen LogP contribution in [0, 0.1) is 11.8 Å². The Morgan fingerprint density at radius 1 is 1.33 bits per heavy atom. The number of carbonyl (C=O) groups excluding carboxylic acids is 1. The molecule has 0 amide bonds. The molecule has 2 fully saturated rings. The first kappa shape index (κ1) is 8.09. The van der Waals surface area contributed by atoms with E-state index < -0.39 is 0 Å². The second-order valence-corrected chi connectivity index (χ2v) is 4.11. The van der Waals surface area contributed by atoms with E-state index in [0.29, 0.717) is 18.3 Å². The van der Waals surface area contributed by atoms with Gasteiger partial charge in [-0.05, 0) is 31.6 Å². The lowest BCUT2D eigenvalue weighted by molar-refractivity contribution is -0.163. The van der Waals surface area contributed by atoms with E-state index in [1.54, 1.807) is 0 Å². The van der Waals surface area contributed by atoms with E-state index in [4.69, 9.17) is 4.74 Å². The van der Waals surface area contributed by atoms with Gasteiger partial charge in [0.25, 0.3) is 0 Å². The molecule has 1 saturated carbocycles. The summed E-state index contributed by atoms with van der Waals surface area (Å²) in [6.45, 7) is 2.04. The third kappa shape index (κ3) is 1.35. The summed E-state index contributed by atoms with van der Waals surface area (Å²) >= 11 is 0. The predicted molar refractivity (Wildman–Crippen MR) is 45.6 cm³/mol. The van der Waals surface area contributed by atoms with Crippen LogP contribution >= 0.6 is 0 Å². The van der Waals surface area contributed by atoms with Crippen molar-refractivity contribution in [2.75, 3.05) is 0 Å². The van der Waals surface area contributed by atoms with Gasteiger partial charge >= 0.3 is 5.97 Å². The van der Waals surface area contributed by atoms with Gasteiger partial charge in [-0.2, -0.15) is 0 Å². The van der Waals surface area contributed by atoms with Crippen molar-refractivity contribution < 1.29 is 9.53 Å². The van der Waals surface area contributed by atoms with E-state index in [1.807, 2.05) is 6.92 Å². The van der Waals surface area contributed by atoms with Gasteiger partial charge < -0.3 is 4.74 Å². The Morgan fingerprint density at radius 3 is 2.92 bits per heavy atom. The summed E-state index contributed by atoms with van der Waals surface area (Å²) in [5.41, 5.74) is 0. The van der Waals surface area contributed by atoms with Crippen LogP contribution in [0.1, 0.15) is 39.0 Å². The molecular weight excluding hydrogens is 152 g/mol. The minimum absolute atomic E-state index is 0.0191. The molecule has 2 nitrogen and oxygen atoms in total. The smallest absolute Gasteiger partial charge is 0.306 e. The lowest BCUT2D eigenvalue weighted by Gasteiger charge is -2.38. The topological polar surface area (TPSA) is 26.3 Å². The Labute approximate surface area is 73.3 Å². The summed E-state index contributed by atoms with van der Waals surface area (Å²) in [6, 6.07) is 0. The Hall–Kier alpha value is -0.530. The van der Waals surface area contributed by atoms with Gasteiger partial charge in [-0.25, -0.2) is 0 Å². The van der Waals surface area contributed by atoms with Gasteiger partial charge in [0.1, 0.15) is 6.10 Å². The molecule has 2 heteroatoms. The van der Waals surface area contributed by atoms with Crippen molar-refractivity contribution in [3.63, 3.8) is 0 Å². The van der Waals surface area contributed by atoms with Crippen LogP contribution in [0.4, 0.5) is 0 Å². The minimum Gasteiger partial charge on any atom is -0.462 e. The molecule has 1 aliphatic carbocycles. The average Bonchev–Trinajstić information content (AvgIpc) is 2.04. The fraction of sp³-hybridized carbons (Fsp3) is 0.900. The normalized spacial score (nSPS) is 41.8. The van der Waals surface area contributed by atoms with E-state index in [0.717, 1.165) is 0 Å². The first-order valence-corrected chi connectivity index (χ1v) is 4.97. The Bertz CT molecular complexity index is 188. The van der Waals surface area contributed by atoms with E-state index in [-0.39, 0.29) is 12.1 Å². The van der Waals surface area contributed by atoms with Crippen molar-refractivity contribution in [1.29, 1.82) is 0 Å². The van der Waals surface area contributed by atoms with Crippen LogP contribution in [0.3, 0.4) is 0 Å². The zero-order valence-corrected chi connectivity index (χ0v) is 7.58. The third-order valence-corrected chi connectivity index (χ3v) is 3.32. The largest absolute Gasteiger partial charge is 0.462 e. The highest BCUT2D eigenvalue weighted by Crippen LogP contribution is 2.38. The minimum atomic E-state index is 0.0191. The molecule has 68 valence electrons. The SMILES string of the molecule is CC1OC(=O)CC2CCCCC21. The second kappa shape index (κ2) is 3.08. The maximum atomic E-state index is 11.1. The zero-order chi connectivity index (χ0) is 8.55. The van der Waals surface area contributed by atoms with Crippen LogP contribution in [0.15, 0.2) is 0 Å². The molecule has 12 heavy (non-hydrogen) atoms. The number of hydrogen-bond acceptors (Lipinski definition) is 2. The Kier molecular flexibility index (Phi) is 2.07. The summed E-state index contributed by atoms with van der Waals surface area (Å²) in [7, 11) is 0. The maximum absolute atomic E-state index is 11.1. The van der Waals surface area contributed by atoms with Crippen LogP contribution in [0.25, 0.3) is 0 Å². The number of esters is 1. The maximum Gasteiger partial charge on any atom is 0.306 e. The summed E-state index contributed by atoms with van der Waals surface area (Å²) in [4.78, 5) is 11.1. The van der Waals surface area contributed by atoms with Gasteiger partial charge in [-0.15, -0.1) is 0 Å². The van der Waals surface area contributed by atoms with Gasteiger partial charge in [-0.3, -0.25) is 4.79 Å². The molecule has 0 aromatic rings. The number of ether oxygens (including phenoxy) is 1. The van der Waals surface area contributed by atoms with Crippen molar-refractivity contribution in [3.05, 3.63) is 0 Å². The Balaban J connectivity index is 2.06. The molecule has 0 radical (unpaired) electrons. The van der Waals surface area contributed by atoms with Gasteiger partial charge in [0.2, 0.25) is 0 Å². The van der Waals surface area contributed by atoms with E-state index in [1.165, 1.54) is 25.7 Å². The molecule has 0 spiro atoms. The van der Waals surface area contributed by atoms with Gasteiger partial charge in [0.05, 0.1) is 0 Å². The van der Waals surface area contributed by atoms with Crippen LogP contribution in [0.5, 0.6) is 0 Å². The van der Waals surface area contributed by atoms with E-state index in [9.17, 15) is 4.79 Å². The number of cyclic esters (lactones) is 1. The first-order valence-electron chi connectivity index (χ1n) is 4.97. The molecule has 0 bridgehead atoms. The van der Waals surface area contributed by atoms with Crippen molar-refractivity contribution >= 4 is 5.97 Å². The number of carbonyl (C=O) groups is 1. The summed E-state index contributed by atoms with van der Waals surface area (Å²) in [5, 5.41) is 0. The molecule has 3 unspecified atom stereocenters. The number of fused-ring (bicyclic) bond motifs is 1. The standard InChI is InChI=1S/C10H16O2/c1-7-9-5-3-2-4-8(9)6-10(11)12-7/h7-9H,2-6H2,1H3. The van der Waals surface area contributed by atoms with Crippen molar-refractivity contribution in [2.45, 2.75) is 45.1 Å². The van der Waals surface area contributed by atoms with Crippen molar-refractivity contribution in [2.24, 2.45) is 11.8 Å². The van der Waals surface area contributed by atoms with E-state index in [2.05, 4.69) is 0 Å². The molecule has 1 aliphatic heterocycles. The lowest BCUT2D eigenvalue weighted by Crippen LogP contribution is -2.38. The number of hydrogen-bond donors (Lipinski definition) is 0. The molecule has 0 aromatic heterocycles. The molecule has 1 heterocycles. The Morgan fingerprint density at radius 2 is 2.08 bits per heavy atom. The lowest BCUT2D eigenvalue weighted by atomic mass is 9.74. The second-order valence-electron chi connectivity index (χ2n) is 4.11. The van der Waals surface area contributed by atoms with Crippen LogP contribution < -0.4 is 0 Å². The van der Waals surface area contributed by atoms with E-state index >= 15 is 0 Å². The molecule has 1 saturated heterocycles. The predicted octanol–water partition coefficient (Wildman–Crippen LogP) is 2.13. The summed E-state index contributed by atoms with van der Waals surface area (Å²) < 4.78 is 5.22. The highest BCUT2D eigenvalue weighted by atomic mass is 16.5. The highest BCUT2D eigenvalue weighted by molar-refractivity contribution is 5.70. The molecule has 0 aromatic carbocycles. The highest BCUT2D eigenvalue weighted by Gasteiger charge is 2.37. The van der Waals surface area contributed by atoms with Crippen molar-refractivity contribution in [3.8, 4) is 0 Å². The summed E-state index contributed by atoms with van der Waals surface area (Å²) in [6.07, 6.45) is 5.99. The number of rotatable bonds is 0. The molecule has 2 rings (SSSR count). The fourth-order valence-electron chi connectivity index (χ4n) is 2.66. The quantitative estimate of drug-likeness (QED) is 0.518. The summed E-state index contributed by atoms with van der Waals surface area (Å²) in [5.74, 6) is 1.32. The van der Waals surface area contributed by atoms with Crippen molar-refractivity contribution in [1.82, 2.24) is 0 Å². The molecular formula is C10H16O2. The van der Waals surface area contributed by atoms with Gasteiger partial charge in [0.15, 0.2) is 0 Å². The van der Waals surface area contributed by atoms with Gasteiger partial charge in [-0.1, -0.05) is 12.8 Å². The fourth-order valence-corrected chi connectivity index (χ4v) is 2.66. The first-order chi connectivity index (χ1) is 5.77. The van der Waals surface area contributed by atoms with Crippen LogP contribution in [-0.2, 0) is 9.53 Å². The van der Waals surface area contributed by atoms with Crippen LogP contribution in [-0.4, -0.2) is 12.1 Å². The third-order valence-electron chi connectivity index (χ3n) is 3.32. The molecule has 0 N–H and O–H groups in total. The average molecular weight is 168 g/mol. The molecule has 2 aliphatic rings. The van der Waals surface area contributed by atoms with Crippen LogP contribution in [0.2, 0.25) is 0 Å². The zero-order valence-electron chi connectivity index (χ0n) is 7.58. The monoisotopic (exact) mass is 168 g/mol. The molecule has 3 atom stereocenters. The van der Waals surface area contributed by atoms with Gasteiger partial charge in [0, 0.05) is 6.42 Å².